The Hall–Kier alpha value is -0.630. The van der Waals surface area contributed by atoms with Crippen LogP contribution in [0.5, 0.6) is 0 Å². The topological polar surface area (TPSA) is 20.3 Å². The van der Waals surface area contributed by atoms with Gasteiger partial charge in [-0.3, -0.25) is 9.69 Å². The van der Waals surface area contributed by atoms with E-state index in [9.17, 15) is 4.79 Å². The molecule has 2 nitrogen and oxygen atoms in total. The van der Waals surface area contributed by atoms with Crippen molar-refractivity contribution in [1.82, 2.24) is 4.90 Å². The lowest BCUT2D eigenvalue weighted by atomic mass is 9.63. The van der Waals surface area contributed by atoms with Gasteiger partial charge in [-0.05, 0) is 24.3 Å². The van der Waals surface area contributed by atoms with Gasteiger partial charge in [0.1, 0.15) is 0 Å². The quantitative estimate of drug-likeness (QED) is 0.683. The molecule has 1 aliphatic carbocycles. The summed E-state index contributed by atoms with van der Waals surface area (Å²) in [5.74, 6) is 0.228. The van der Waals surface area contributed by atoms with Crippen LogP contribution >= 0.6 is 0 Å². The molecule has 1 spiro atoms. The minimum absolute atomic E-state index is 0.228. The van der Waals surface area contributed by atoms with Gasteiger partial charge in [0.25, 0.3) is 0 Å². The Morgan fingerprint density at radius 1 is 1.31 bits per heavy atom. The first-order valence-corrected chi connectivity index (χ1v) is 6.35. The minimum atomic E-state index is -0.235. The summed E-state index contributed by atoms with van der Waals surface area (Å²) in [5, 5.41) is 0. The fourth-order valence-corrected chi connectivity index (χ4v) is 2.58. The van der Waals surface area contributed by atoms with E-state index in [2.05, 4.69) is 4.90 Å². The second kappa shape index (κ2) is 3.99. The lowest BCUT2D eigenvalue weighted by molar-refractivity contribution is -0.121. The molecule has 16 heavy (non-hydrogen) atoms. The predicted octanol–water partition coefficient (Wildman–Crippen LogP) is 2.64. The van der Waals surface area contributed by atoms with Crippen molar-refractivity contribution in [3.63, 3.8) is 0 Å². The summed E-state index contributed by atoms with van der Waals surface area (Å²) in [6.07, 6.45) is 8.05. The molecule has 0 aromatic carbocycles. The Bertz CT molecular complexity index is 299. The fraction of sp³-hybridized carbons (Fsp3) is 0.786. The van der Waals surface area contributed by atoms with E-state index in [1.807, 2.05) is 26.8 Å². The highest BCUT2D eigenvalue weighted by Gasteiger charge is 2.46. The Kier molecular flexibility index (Phi) is 2.95. The van der Waals surface area contributed by atoms with E-state index in [1.165, 1.54) is 32.4 Å². The summed E-state index contributed by atoms with van der Waals surface area (Å²) in [5.41, 5.74) is 0.461. The molecule has 0 aromatic heterocycles. The maximum atomic E-state index is 11.6. The summed E-state index contributed by atoms with van der Waals surface area (Å²) in [7, 11) is 0. The first-order chi connectivity index (χ1) is 7.41. The van der Waals surface area contributed by atoms with Crippen molar-refractivity contribution in [1.29, 1.82) is 0 Å². The molecule has 0 N–H and O–H groups in total. The van der Waals surface area contributed by atoms with E-state index >= 15 is 0 Å². The second-order valence-corrected chi connectivity index (χ2v) is 6.54. The van der Waals surface area contributed by atoms with Crippen molar-refractivity contribution < 1.29 is 4.79 Å². The molecule has 1 saturated heterocycles. The number of hydrogen-bond donors (Lipinski definition) is 0. The highest BCUT2D eigenvalue weighted by molar-refractivity contribution is 5.93. The van der Waals surface area contributed by atoms with Gasteiger partial charge in [0.05, 0.1) is 0 Å². The van der Waals surface area contributed by atoms with Crippen molar-refractivity contribution in [2.75, 3.05) is 19.6 Å². The van der Waals surface area contributed by atoms with E-state index in [4.69, 9.17) is 0 Å². The van der Waals surface area contributed by atoms with E-state index in [0.717, 1.165) is 6.54 Å². The number of hydrogen-bond acceptors (Lipinski definition) is 2. The molecule has 2 heteroatoms. The summed E-state index contributed by atoms with van der Waals surface area (Å²) in [4.78, 5) is 14.1. The van der Waals surface area contributed by atoms with Crippen LogP contribution in [-0.2, 0) is 4.79 Å². The van der Waals surface area contributed by atoms with Gasteiger partial charge in [-0.25, -0.2) is 0 Å². The minimum Gasteiger partial charge on any atom is -0.298 e. The third-order valence-electron chi connectivity index (χ3n) is 3.90. The molecule has 0 amide bonds. The number of carbonyl (C=O) groups excluding carboxylic acids is 1. The summed E-state index contributed by atoms with van der Waals surface area (Å²) >= 11 is 0. The maximum Gasteiger partial charge on any atom is 0.160 e. The Balaban J connectivity index is 1.69. The molecular formula is C14H23NO. The zero-order valence-corrected chi connectivity index (χ0v) is 10.8. The average molecular weight is 221 g/mol. The molecule has 1 aliphatic heterocycles. The van der Waals surface area contributed by atoms with Crippen molar-refractivity contribution >= 4 is 5.78 Å². The van der Waals surface area contributed by atoms with E-state index in [0.29, 0.717) is 5.41 Å². The Morgan fingerprint density at radius 2 is 1.94 bits per heavy atom. The van der Waals surface area contributed by atoms with Crippen LogP contribution in [0.1, 0.15) is 40.0 Å². The molecule has 0 unspecified atom stereocenters. The number of ketones is 1. The zero-order chi connectivity index (χ0) is 11.8. The van der Waals surface area contributed by atoms with Crippen LogP contribution < -0.4 is 0 Å². The van der Waals surface area contributed by atoms with Crippen molar-refractivity contribution in [2.45, 2.75) is 40.0 Å². The van der Waals surface area contributed by atoms with Crippen LogP contribution in [0.3, 0.4) is 0 Å². The average Bonchev–Trinajstić information content (AvgIpc) is 2.03. The van der Waals surface area contributed by atoms with Gasteiger partial charge < -0.3 is 0 Å². The van der Waals surface area contributed by atoms with Gasteiger partial charge >= 0.3 is 0 Å². The number of nitrogens with zero attached hydrogens (tertiary/aromatic N) is 1. The standard InChI is InChI=1S/C14H23NO/c1-13(2,3)12(16)6-4-9-15-10-14(11-15)7-5-8-14/h4,6H,5,7-11H2,1-3H3/b6-4+. The number of carbonyl (C=O) groups is 1. The maximum absolute atomic E-state index is 11.6. The molecule has 0 atom stereocenters. The molecule has 2 aliphatic rings. The van der Waals surface area contributed by atoms with Crippen LogP contribution in [0.4, 0.5) is 0 Å². The molecule has 1 saturated carbocycles. The summed E-state index contributed by atoms with van der Waals surface area (Å²) < 4.78 is 0. The molecule has 90 valence electrons. The van der Waals surface area contributed by atoms with Crippen molar-refractivity contribution in [3.05, 3.63) is 12.2 Å². The Labute approximate surface area is 98.7 Å². The van der Waals surface area contributed by atoms with E-state index in [-0.39, 0.29) is 11.2 Å². The summed E-state index contributed by atoms with van der Waals surface area (Å²) in [6.45, 7) is 9.34. The molecule has 2 rings (SSSR count). The largest absolute Gasteiger partial charge is 0.298 e. The first-order valence-electron chi connectivity index (χ1n) is 6.35. The van der Waals surface area contributed by atoms with Gasteiger partial charge in [0.15, 0.2) is 5.78 Å². The van der Waals surface area contributed by atoms with Gasteiger partial charge in [-0.2, -0.15) is 0 Å². The zero-order valence-electron chi connectivity index (χ0n) is 10.8. The smallest absolute Gasteiger partial charge is 0.160 e. The first kappa shape index (κ1) is 11.8. The van der Waals surface area contributed by atoms with Gasteiger partial charge in [-0.15, -0.1) is 0 Å². The van der Waals surface area contributed by atoms with Crippen LogP contribution in [0, 0.1) is 10.8 Å². The predicted molar refractivity (Wildman–Crippen MR) is 66.3 cm³/mol. The Morgan fingerprint density at radius 3 is 2.38 bits per heavy atom. The molecule has 1 heterocycles. The third kappa shape index (κ3) is 2.37. The summed E-state index contributed by atoms with van der Waals surface area (Å²) in [6, 6.07) is 0. The van der Waals surface area contributed by atoms with Crippen LogP contribution in [0.15, 0.2) is 12.2 Å². The van der Waals surface area contributed by atoms with Gasteiger partial charge in [0, 0.05) is 25.0 Å². The van der Waals surface area contributed by atoms with Crippen LogP contribution in [-0.4, -0.2) is 30.3 Å². The number of likely N-dealkylation sites (tertiary alicyclic amines) is 1. The number of allylic oxidation sites excluding steroid dienone is 1. The van der Waals surface area contributed by atoms with Crippen molar-refractivity contribution in [2.24, 2.45) is 10.8 Å². The third-order valence-corrected chi connectivity index (χ3v) is 3.90. The van der Waals surface area contributed by atoms with Gasteiger partial charge in [0.2, 0.25) is 0 Å². The highest BCUT2D eigenvalue weighted by Crippen LogP contribution is 2.47. The molecule has 0 bridgehead atoms. The molecular weight excluding hydrogens is 198 g/mol. The molecule has 0 aromatic rings. The second-order valence-electron chi connectivity index (χ2n) is 6.54. The number of rotatable bonds is 3. The molecule has 2 fully saturated rings. The van der Waals surface area contributed by atoms with Crippen LogP contribution in [0.25, 0.3) is 0 Å². The van der Waals surface area contributed by atoms with E-state index in [1.54, 1.807) is 6.08 Å². The van der Waals surface area contributed by atoms with Crippen molar-refractivity contribution in [3.8, 4) is 0 Å². The lowest BCUT2D eigenvalue weighted by Crippen LogP contribution is -2.59. The normalized spacial score (nSPS) is 24.4. The van der Waals surface area contributed by atoms with Crippen LogP contribution in [0.2, 0.25) is 0 Å². The fourth-order valence-electron chi connectivity index (χ4n) is 2.58. The SMILES string of the molecule is CC(C)(C)C(=O)/C=C/CN1CC2(CCC2)C1. The monoisotopic (exact) mass is 221 g/mol. The highest BCUT2D eigenvalue weighted by atomic mass is 16.1. The van der Waals surface area contributed by atoms with Gasteiger partial charge in [-0.1, -0.05) is 33.3 Å². The van der Waals surface area contributed by atoms with E-state index < -0.39 is 0 Å². The lowest BCUT2D eigenvalue weighted by Gasteiger charge is -2.56. The molecule has 0 radical (unpaired) electrons.